The number of thioether (sulfide) groups is 1. The van der Waals surface area contributed by atoms with Gasteiger partial charge in [-0.2, -0.15) is 4.68 Å². The minimum atomic E-state index is -0.308. The van der Waals surface area contributed by atoms with Crippen LogP contribution in [0.15, 0.2) is 53.7 Å². The summed E-state index contributed by atoms with van der Waals surface area (Å²) >= 11 is 1.22. The molecule has 1 amide bonds. The van der Waals surface area contributed by atoms with E-state index in [1.165, 1.54) is 23.9 Å². The van der Waals surface area contributed by atoms with E-state index in [9.17, 15) is 9.18 Å². The highest BCUT2D eigenvalue weighted by Gasteiger charge is 2.16. The van der Waals surface area contributed by atoms with E-state index in [0.717, 1.165) is 5.56 Å². The molecule has 3 rings (SSSR count). The lowest BCUT2D eigenvalue weighted by Crippen LogP contribution is -2.28. The second-order valence-corrected chi connectivity index (χ2v) is 6.85. The highest BCUT2D eigenvalue weighted by Crippen LogP contribution is 2.26. The topological polar surface area (TPSA) is 81.9 Å². The minimum Gasteiger partial charge on any atom is -0.492 e. The molecule has 2 aromatic carbocycles. The quantitative estimate of drug-likeness (QED) is 0.584. The first-order valence-electron chi connectivity index (χ1n) is 8.76. The molecule has 1 N–H and O–H groups in total. The number of carbonyl (C=O) groups excluding carboxylic acids is 1. The van der Waals surface area contributed by atoms with Crippen LogP contribution < -0.4 is 10.1 Å². The second-order valence-electron chi connectivity index (χ2n) is 5.90. The van der Waals surface area contributed by atoms with Gasteiger partial charge in [-0.15, -0.1) is 5.10 Å². The number of rotatable bonds is 8. The van der Waals surface area contributed by atoms with Crippen molar-refractivity contribution in [3.05, 3.63) is 59.9 Å². The van der Waals surface area contributed by atoms with Gasteiger partial charge in [0.15, 0.2) is 0 Å². The third-order valence-corrected chi connectivity index (χ3v) is 4.83. The first kappa shape index (κ1) is 19.8. The number of hydrogen-bond acceptors (Lipinski definition) is 6. The molecule has 0 aliphatic rings. The van der Waals surface area contributed by atoms with Gasteiger partial charge in [0.2, 0.25) is 11.1 Å². The predicted octanol–water partition coefficient (Wildman–Crippen LogP) is 3.17. The Bertz CT molecular complexity index is 932. The number of nitrogens with zero attached hydrogens (tertiary/aromatic N) is 4. The fraction of sp³-hybridized carbons (Fsp3) is 0.263. The summed E-state index contributed by atoms with van der Waals surface area (Å²) < 4.78 is 20.2. The summed E-state index contributed by atoms with van der Waals surface area (Å²) in [6, 6.07) is 13.2. The lowest BCUT2D eigenvalue weighted by Gasteiger charge is -2.14. The summed E-state index contributed by atoms with van der Waals surface area (Å²) in [7, 11) is 0. The van der Waals surface area contributed by atoms with E-state index >= 15 is 0 Å². The predicted molar refractivity (Wildman–Crippen MR) is 104 cm³/mol. The highest BCUT2D eigenvalue weighted by atomic mass is 32.2. The molecule has 0 aliphatic heterocycles. The zero-order valence-electron chi connectivity index (χ0n) is 15.5. The van der Waals surface area contributed by atoms with Crippen LogP contribution in [0.5, 0.6) is 5.75 Å². The van der Waals surface area contributed by atoms with Crippen LogP contribution in [0.1, 0.15) is 25.5 Å². The molecule has 0 radical (unpaired) electrons. The van der Waals surface area contributed by atoms with Gasteiger partial charge in [-0.25, -0.2) is 4.39 Å². The van der Waals surface area contributed by atoms with Gasteiger partial charge in [-0.1, -0.05) is 36.0 Å². The lowest BCUT2D eigenvalue weighted by atomic mass is 10.1. The SMILES string of the molecule is CCOc1ccccc1-n1nnnc1SCC(=O)N[C@H](C)c1ccc(F)cc1. The molecular formula is C19H20FN5O2S. The van der Waals surface area contributed by atoms with Crippen LogP contribution in [0.25, 0.3) is 5.69 Å². The standard InChI is InChI=1S/C19H20FN5O2S/c1-3-27-17-7-5-4-6-16(17)25-19(22-23-24-25)28-12-18(26)21-13(2)14-8-10-15(20)11-9-14/h4-11,13H,3,12H2,1-2H3,(H,21,26)/t13-/m1/s1. The Kier molecular flexibility index (Phi) is 6.59. The molecule has 3 aromatic rings. The van der Waals surface area contributed by atoms with Gasteiger partial charge in [0.05, 0.1) is 18.4 Å². The van der Waals surface area contributed by atoms with Crippen LogP contribution in [0, 0.1) is 5.82 Å². The van der Waals surface area contributed by atoms with Crippen molar-refractivity contribution < 1.29 is 13.9 Å². The zero-order chi connectivity index (χ0) is 19.9. The lowest BCUT2D eigenvalue weighted by molar-refractivity contribution is -0.119. The molecular weight excluding hydrogens is 381 g/mol. The number of ether oxygens (including phenoxy) is 1. The first-order valence-corrected chi connectivity index (χ1v) is 9.75. The smallest absolute Gasteiger partial charge is 0.230 e. The Hall–Kier alpha value is -2.94. The molecule has 1 aromatic heterocycles. The second kappa shape index (κ2) is 9.32. The Morgan fingerprint density at radius 1 is 1.25 bits per heavy atom. The molecule has 0 fully saturated rings. The number of tetrazole rings is 1. The van der Waals surface area contributed by atoms with Crippen LogP contribution >= 0.6 is 11.8 Å². The van der Waals surface area contributed by atoms with Gasteiger partial charge in [-0.05, 0) is 54.1 Å². The summed E-state index contributed by atoms with van der Waals surface area (Å²) in [5, 5.41) is 15.1. The molecule has 0 saturated heterocycles. The van der Waals surface area contributed by atoms with E-state index in [1.807, 2.05) is 38.1 Å². The van der Waals surface area contributed by atoms with Crippen molar-refractivity contribution in [2.45, 2.75) is 25.0 Å². The van der Waals surface area contributed by atoms with E-state index in [4.69, 9.17) is 4.74 Å². The van der Waals surface area contributed by atoms with Crippen LogP contribution in [0.4, 0.5) is 4.39 Å². The fourth-order valence-electron chi connectivity index (χ4n) is 2.58. The maximum atomic E-state index is 13.0. The number of aromatic nitrogens is 4. The summed E-state index contributed by atoms with van der Waals surface area (Å²) in [5.41, 5.74) is 1.53. The van der Waals surface area contributed by atoms with Gasteiger partial charge >= 0.3 is 0 Å². The number of amides is 1. The minimum absolute atomic E-state index is 0.142. The molecule has 0 aliphatic carbocycles. The number of halogens is 1. The van der Waals surface area contributed by atoms with Crippen LogP contribution in [-0.2, 0) is 4.79 Å². The average Bonchev–Trinajstić information content (AvgIpc) is 3.16. The maximum Gasteiger partial charge on any atom is 0.230 e. The molecule has 0 unspecified atom stereocenters. The number of hydrogen-bond donors (Lipinski definition) is 1. The molecule has 146 valence electrons. The van der Waals surface area contributed by atoms with Crippen molar-refractivity contribution in [3.8, 4) is 11.4 Å². The molecule has 1 heterocycles. The number of para-hydroxylation sites is 2. The molecule has 7 nitrogen and oxygen atoms in total. The summed E-state index contributed by atoms with van der Waals surface area (Å²) in [6.45, 7) is 4.27. The molecule has 0 bridgehead atoms. The zero-order valence-corrected chi connectivity index (χ0v) is 16.3. The number of benzene rings is 2. The van der Waals surface area contributed by atoms with Crippen molar-refractivity contribution in [3.63, 3.8) is 0 Å². The average molecular weight is 401 g/mol. The molecule has 0 spiro atoms. The summed E-state index contributed by atoms with van der Waals surface area (Å²) in [4.78, 5) is 12.3. The van der Waals surface area contributed by atoms with Crippen molar-refractivity contribution >= 4 is 17.7 Å². The molecule has 28 heavy (non-hydrogen) atoms. The molecule has 9 heteroatoms. The van der Waals surface area contributed by atoms with E-state index in [1.54, 1.807) is 16.8 Å². The van der Waals surface area contributed by atoms with Gasteiger partial charge in [0.1, 0.15) is 17.3 Å². The van der Waals surface area contributed by atoms with Crippen LogP contribution in [-0.4, -0.2) is 38.5 Å². The van der Waals surface area contributed by atoms with E-state index in [-0.39, 0.29) is 23.5 Å². The number of nitrogens with one attached hydrogen (secondary N) is 1. The molecule has 0 saturated carbocycles. The Balaban J connectivity index is 1.64. The monoisotopic (exact) mass is 401 g/mol. The van der Waals surface area contributed by atoms with E-state index in [0.29, 0.717) is 23.2 Å². The van der Waals surface area contributed by atoms with Crippen molar-refractivity contribution in [1.82, 2.24) is 25.5 Å². The first-order chi connectivity index (χ1) is 13.6. The van der Waals surface area contributed by atoms with Gasteiger partial charge in [0, 0.05) is 0 Å². The van der Waals surface area contributed by atoms with Gasteiger partial charge in [0.25, 0.3) is 0 Å². The van der Waals surface area contributed by atoms with Gasteiger partial charge in [-0.3, -0.25) is 4.79 Å². The van der Waals surface area contributed by atoms with Crippen LogP contribution in [0.3, 0.4) is 0 Å². The van der Waals surface area contributed by atoms with E-state index in [2.05, 4.69) is 20.8 Å². The van der Waals surface area contributed by atoms with Crippen molar-refractivity contribution in [2.24, 2.45) is 0 Å². The van der Waals surface area contributed by atoms with Gasteiger partial charge < -0.3 is 10.1 Å². The summed E-state index contributed by atoms with van der Waals surface area (Å²) in [6.07, 6.45) is 0. The largest absolute Gasteiger partial charge is 0.492 e. The van der Waals surface area contributed by atoms with Crippen molar-refractivity contribution in [2.75, 3.05) is 12.4 Å². The highest BCUT2D eigenvalue weighted by molar-refractivity contribution is 7.99. The van der Waals surface area contributed by atoms with E-state index < -0.39 is 0 Å². The Morgan fingerprint density at radius 3 is 2.75 bits per heavy atom. The Labute approximate surface area is 166 Å². The summed E-state index contributed by atoms with van der Waals surface area (Å²) in [5.74, 6) is 0.322. The molecule has 1 atom stereocenters. The Morgan fingerprint density at radius 2 is 2.00 bits per heavy atom. The third kappa shape index (κ3) is 4.86. The third-order valence-electron chi connectivity index (χ3n) is 3.91. The van der Waals surface area contributed by atoms with Crippen molar-refractivity contribution in [1.29, 1.82) is 0 Å². The van der Waals surface area contributed by atoms with Crippen LogP contribution in [0.2, 0.25) is 0 Å². The maximum absolute atomic E-state index is 13.0. The fourth-order valence-corrected chi connectivity index (χ4v) is 3.27. The number of carbonyl (C=O) groups is 1. The normalized spacial score (nSPS) is 11.8.